The molecule has 39 heavy (non-hydrogen) atoms. The molecule has 7 heteroatoms. The summed E-state index contributed by atoms with van der Waals surface area (Å²) < 4.78 is 5.82. The Morgan fingerprint density at radius 1 is 1.05 bits per heavy atom. The summed E-state index contributed by atoms with van der Waals surface area (Å²) in [6.45, 7) is 8.67. The highest BCUT2D eigenvalue weighted by Gasteiger charge is 2.28. The summed E-state index contributed by atoms with van der Waals surface area (Å²) in [6, 6.07) is 16.3. The second-order valence-electron chi connectivity index (χ2n) is 10.4. The fourth-order valence-electron chi connectivity index (χ4n) is 5.69. The molecule has 0 unspecified atom stereocenters. The van der Waals surface area contributed by atoms with Crippen LogP contribution in [0.15, 0.2) is 48.8 Å². The Kier molecular flexibility index (Phi) is 6.62. The van der Waals surface area contributed by atoms with Crippen molar-refractivity contribution in [2.24, 2.45) is 0 Å². The summed E-state index contributed by atoms with van der Waals surface area (Å²) in [4.78, 5) is 20.3. The van der Waals surface area contributed by atoms with Crippen molar-refractivity contribution in [2.75, 3.05) is 24.6 Å². The molecule has 7 nitrogen and oxygen atoms in total. The van der Waals surface area contributed by atoms with Crippen LogP contribution in [0, 0.1) is 25.2 Å². The van der Waals surface area contributed by atoms with Crippen molar-refractivity contribution in [3.05, 3.63) is 88.3 Å². The van der Waals surface area contributed by atoms with Gasteiger partial charge in [-0.3, -0.25) is 0 Å². The van der Waals surface area contributed by atoms with Crippen LogP contribution in [0.2, 0.25) is 0 Å². The molecule has 0 saturated carbocycles. The molecule has 2 aromatic carbocycles. The van der Waals surface area contributed by atoms with Gasteiger partial charge in [-0.1, -0.05) is 24.3 Å². The Morgan fingerprint density at radius 3 is 2.56 bits per heavy atom. The number of imidazole rings is 1. The third-order valence-corrected chi connectivity index (χ3v) is 7.85. The Hall–Kier alpha value is -4.44. The maximum absolute atomic E-state index is 9.11. The Bertz CT molecular complexity index is 1590. The van der Waals surface area contributed by atoms with Crippen molar-refractivity contribution in [2.45, 2.75) is 46.0 Å². The number of aryl methyl sites for hydroxylation is 2. The second-order valence-corrected chi connectivity index (χ2v) is 10.4. The number of rotatable bonds is 6. The Morgan fingerprint density at radius 2 is 1.82 bits per heavy atom. The topological polar surface area (TPSA) is 90.7 Å². The van der Waals surface area contributed by atoms with E-state index in [1.165, 1.54) is 5.57 Å². The molecular formula is C32H32N6O. The highest BCUT2D eigenvalue weighted by Crippen LogP contribution is 2.38. The zero-order valence-electron chi connectivity index (χ0n) is 22.7. The molecule has 6 rings (SSSR count). The molecule has 1 aliphatic carbocycles. The van der Waals surface area contributed by atoms with E-state index < -0.39 is 0 Å². The van der Waals surface area contributed by atoms with Gasteiger partial charge >= 0.3 is 0 Å². The first kappa shape index (κ1) is 24.9. The lowest BCUT2D eigenvalue weighted by Gasteiger charge is -2.32. The van der Waals surface area contributed by atoms with Crippen LogP contribution in [-0.4, -0.2) is 39.6 Å². The molecule has 0 atom stereocenters. The van der Waals surface area contributed by atoms with Gasteiger partial charge in [-0.2, -0.15) is 5.26 Å². The van der Waals surface area contributed by atoms with Crippen molar-refractivity contribution < 1.29 is 4.74 Å². The first-order valence-corrected chi connectivity index (χ1v) is 13.6. The quantitative estimate of drug-likeness (QED) is 0.326. The molecule has 0 radical (unpaired) electrons. The number of benzene rings is 2. The highest BCUT2D eigenvalue weighted by atomic mass is 16.5. The molecule has 1 fully saturated rings. The van der Waals surface area contributed by atoms with E-state index in [0.717, 1.165) is 89.1 Å². The lowest BCUT2D eigenvalue weighted by atomic mass is 9.96. The Balaban J connectivity index is 1.18. The minimum atomic E-state index is 0.380. The fourth-order valence-corrected chi connectivity index (χ4v) is 5.69. The zero-order chi connectivity index (χ0) is 26.9. The summed E-state index contributed by atoms with van der Waals surface area (Å²) in [5.74, 6) is 3.38. The Labute approximate surface area is 229 Å². The average molecular weight is 517 g/mol. The number of aromatic nitrogens is 4. The molecule has 0 spiro atoms. The third kappa shape index (κ3) is 4.79. The lowest BCUT2D eigenvalue weighted by Crippen LogP contribution is -2.34. The molecule has 1 saturated heterocycles. The molecule has 0 amide bonds. The van der Waals surface area contributed by atoms with E-state index in [2.05, 4.69) is 59.1 Å². The fraction of sp³-hybridized carbons (Fsp3) is 0.312. The number of anilines is 1. The lowest BCUT2D eigenvalue weighted by molar-refractivity contribution is 0.338. The monoisotopic (exact) mass is 516 g/mol. The summed E-state index contributed by atoms with van der Waals surface area (Å²) in [5, 5.41) is 9.11. The van der Waals surface area contributed by atoms with Gasteiger partial charge in [0.05, 0.1) is 29.6 Å². The van der Waals surface area contributed by atoms with Crippen molar-refractivity contribution in [1.82, 2.24) is 19.9 Å². The van der Waals surface area contributed by atoms with Crippen molar-refractivity contribution in [3.8, 4) is 23.1 Å². The van der Waals surface area contributed by atoms with E-state index in [1.54, 1.807) is 6.33 Å². The predicted molar refractivity (Wildman–Crippen MR) is 154 cm³/mol. The molecule has 2 aliphatic rings. The minimum absolute atomic E-state index is 0.380. The van der Waals surface area contributed by atoms with E-state index in [1.807, 2.05) is 31.2 Å². The van der Waals surface area contributed by atoms with Crippen LogP contribution in [0.1, 0.15) is 65.1 Å². The van der Waals surface area contributed by atoms with E-state index in [-0.39, 0.29) is 0 Å². The maximum Gasteiger partial charge on any atom is 0.139 e. The number of piperidine rings is 1. The zero-order valence-corrected chi connectivity index (χ0v) is 22.7. The number of nitrogens with zero attached hydrogens (tertiary/aromatic N) is 5. The van der Waals surface area contributed by atoms with E-state index in [4.69, 9.17) is 20.0 Å². The van der Waals surface area contributed by atoms with E-state index >= 15 is 0 Å². The first-order chi connectivity index (χ1) is 19.0. The van der Waals surface area contributed by atoms with Crippen LogP contribution in [0.25, 0.3) is 22.9 Å². The van der Waals surface area contributed by atoms with Gasteiger partial charge in [-0.05, 0) is 74.6 Å². The third-order valence-electron chi connectivity index (χ3n) is 7.85. The maximum atomic E-state index is 9.11. The van der Waals surface area contributed by atoms with Crippen molar-refractivity contribution in [3.63, 3.8) is 0 Å². The van der Waals surface area contributed by atoms with Gasteiger partial charge in [-0.15, -0.1) is 0 Å². The number of nitrogens with one attached hydrogen (secondary N) is 1. The molecule has 1 aliphatic heterocycles. The van der Waals surface area contributed by atoms with Crippen LogP contribution in [0.5, 0.6) is 5.75 Å². The minimum Gasteiger partial charge on any atom is -0.494 e. The SMILES string of the molecule is CCOc1cc(-c2nc(C3CCN(c4ncnc5c4C=C(c4ccc(C#N)cc4)C5)CC3)[nH]c2C)ccc1C. The molecule has 0 bridgehead atoms. The van der Waals surface area contributed by atoms with Crippen molar-refractivity contribution >= 4 is 17.5 Å². The van der Waals surface area contributed by atoms with Gasteiger partial charge in [0.2, 0.25) is 0 Å². The van der Waals surface area contributed by atoms with Crippen LogP contribution >= 0.6 is 0 Å². The van der Waals surface area contributed by atoms with E-state index in [9.17, 15) is 0 Å². The normalized spacial score (nSPS) is 15.1. The summed E-state index contributed by atoms with van der Waals surface area (Å²) in [5.41, 5.74) is 9.52. The summed E-state index contributed by atoms with van der Waals surface area (Å²) in [6.07, 6.45) is 6.71. The number of aromatic amines is 1. The second kappa shape index (κ2) is 10.4. The number of ether oxygens (including phenoxy) is 1. The molecular weight excluding hydrogens is 484 g/mol. The van der Waals surface area contributed by atoms with Crippen LogP contribution < -0.4 is 9.64 Å². The van der Waals surface area contributed by atoms with Gasteiger partial charge in [0.25, 0.3) is 0 Å². The van der Waals surface area contributed by atoms with Gasteiger partial charge in [0, 0.05) is 42.2 Å². The number of H-pyrrole nitrogens is 1. The smallest absolute Gasteiger partial charge is 0.139 e. The van der Waals surface area contributed by atoms with Gasteiger partial charge < -0.3 is 14.6 Å². The predicted octanol–water partition coefficient (Wildman–Crippen LogP) is 6.23. The summed E-state index contributed by atoms with van der Waals surface area (Å²) in [7, 11) is 0. The number of fused-ring (bicyclic) bond motifs is 1. The standard InChI is InChI=1S/C32H32N6O/c1-4-39-29-17-25(8-5-20(29)2)30-21(3)36-31(37-30)24-11-13-38(14-12-24)32-27-15-26(16-28(27)34-19-35-32)23-9-6-22(18-33)7-10-23/h5-10,15,17,19,24H,4,11-14,16H2,1-3H3,(H,36,37). The molecule has 3 heterocycles. The molecule has 196 valence electrons. The molecule has 1 N–H and O–H groups in total. The average Bonchev–Trinajstić information content (AvgIpc) is 3.58. The summed E-state index contributed by atoms with van der Waals surface area (Å²) >= 11 is 0. The molecule has 2 aromatic heterocycles. The van der Waals surface area contributed by atoms with Gasteiger partial charge in [-0.25, -0.2) is 15.0 Å². The number of hydrogen-bond donors (Lipinski definition) is 1. The number of hydrogen-bond acceptors (Lipinski definition) is 6. The number of nitriles is 1. The van der Waals surface area contributed by atoms with Crippen LogP contribution in [-0.2, 0) is 6.42 Å². The van der Waals surface area contributed by atoms with Crippen LogP contribution in [0.4, 0.5) is 5.82 Å². The molecule has 4 aromatic rings. The first-order valence-electron chi connectivity index (χ1n) is 13.6. The van der Waals surface area contributed by atoms with Crippen molar-refractivity contribution in [1.29, 1.82) is 5.26 Å². The number of allylic oxidation sites excluding steroid dienone is 1. The van der Waals surface area contributed by atoms with Gasteiger partial charge in [0.15, 0.2) is 0 Å². The van der Waals surface area contributed by atoms with E-state index in [0.29, 0.717) is 18.1 Å². The van der Waals surface area contributed by atoms with Crippen LogP contribution in [0.3, 0.4) is 0 Å². The van der Waals surface area contributed by atoms with Gasteiger partial charge in [0.1, 0.15) is 23.7 Å². The largest absolute Gasteiger partial charge is 0.494 e. The highest BCUT2D eigenvalue weighted by molar-refractivity contribution is 5.91.